The van der Waals surface area contributed by atoms with Crippen LogP contribution in [0.5, 0.6) is 0 Å². The number of hydrogen-bond acceptors (Lipinski definition) is 3. The molecule has 1 rings (SSSR count). The van der Waals surface area contributed by atoms with E-state index in [1.165, 1.54) is 0 Å². The molecule has 0 bridgehead atoms. The van der Waals surface area contributed by atoms with E-state index in [9.17, 15) is 0 Å². The molecule has 0 saturated carbocycles. The van der Waals surface area contributed by atoms with Gasteiger partial charge < -0.3 is 10.6 Å². The zero-order chi connectivity index (χ0) is 12.1. The molecule has 0 aliphatic heterocycles. The van der Waals surface area contributed by atoms with Gasteiger partial charge in [-0.1, -0.05) is 20.3 Å². The third-order valence-corrected chi connectivity index (χ3v) is 2.73. The Labute approximate surface area is 97.0 Å². The molecule has 0 radical (unpaired) electrons. The molecule has 0 aliphatic carbocycles. The van der Waals surface area contributed by atoms with E-state index < -0.39 is 0 Å². The molecule has 0 saturated heterocycles. The molecule has 1 atom stereocenters. The van der Waals surface area contributed by atoms with Crippen LogP contribution in [0.3, 0.4) is 0 Å². The molecular weight excluding hydrogens is 200 g/mol. The van der Waals surface area contributed by atoms with E-state index in [2.05, 4.69) is 23.7 Å². The van der Waals surface area contributed by atoms with E-state index in [1.54, 1.807) is 6.20 Å². The summed E-state index contributed by atoms with van der Waals surface area (Å²) < 4.78 is 0. The summed E-state index contributed by atoms with van der Waals surface area (Å²) in [6.45, 7) is 5.40. The summed E-state index contributed by atoms with van der Waals surface area (Å²) in [7, 11) is 2.03. The third kappa shape index (κ3) is 3.22. The number of rotatable bonds is 5. The maximum atomic E-state index is 7.28. The second-order valence-corrected chi connectivity index (χ2v) is 4.21. The first-order valence-corrected chi connectivity index (χ1v) is 5.56. The second kappa shape index (κ2) is 5.49. The SMILES string of the molecule is CCC(C)CN(C)c1ccc(C(=N)N)cn1. The van der Waals surface area contributed by atoms with Crippen molar-refractivity contribution in [2.45, 2.75) is 20.3 Å². The Bertz CT molecular complexity index is 345. The van der Waals surface area contributed by atoms with Crippen LogP contribution in [0.15, 0.2) is 18.3 Å². The van der Waals surface area contributed by atoms with Crippen LogP contribution in [0.2, 0.25) is 0 Å². The molecule has 0 fully saturated rings. The number of aromatic nitrogens is 1. The summed E-state index contributed by atoms with van der Waals surface area (Å²) in [5.74, 6) is 1.63. The Morgan fingerprint density at radius 3 is 2.69 bits per heavy atom. The quantitative estimate of drug-likeness (QED) is 0.588. The summed E-state index contributed by atoms with van der Waals surface area (Å²) in [6.07, 6.45) is 2.81. The van der Waals surface area contributed by atoms with Crippen LogP contribution in [0.1, 0.15) is 25.8 Å². The first-order chi connectivity index (χ1) is 7.54. The highest BCUT2D eigenvalue weighted by atomic mass is 15.2. The van der Waals surface area contributed by atoms with Crippen molar-refractivity contribution < 1.29 is 0 Å². The highest BCUT2D eigenvalue weighted by Gasteiger charge is 2.07. The molecule has 88 valence electrons. The van der Waals surface area contributed by atoms with Gasteiger partial charge in [-0.05, 0) is 18.1 Å². The Kier molecular flexibility index (Phi) is 4.28. The lowest BCUT2D eigenvalue weighted by molar-refractivity contribution is 0.558. The first-order valence-electron chi connectivity index (χ1n) is 5.56. The Balaban J connectivity index is 2.70. The van der Waals surface area contributed by atoms with Gasteiger partial charge in [0.05, 0.1) is 0 Å². The van der Waals surface area contributed by atoms with Crippen molar-refractivity contribution in [1.29, 1.82) is 5.41 Å². The Hall–Kier alpha value is -1.58. The van der Waals surface area contributed by atoms with Gasteiger partial charge in [0.25, 0.3) is 0 Å². The summed E-state index contributed by atoms with van der Waals surface area (Å²) in [4.78, 5) is 6.42. The highest BCUT2D eigenvalue weighted by Crippen LogP contribution is 2.12. The van der Waals surface area contributed by atoms with Crippen LogP contribution < -0.4 is 10.6 Å². The van der Waals surface area contributed by atoms with Gasteiger partial charge in [-0.15, -0.1) is 0 Å². The van der Waals surface area contributed by atoms with E-state index in [0.717, 1.165) is 18.8 Å². The monoisotopic (exact) mass is 220 g/mol. The van der Waals surface area contributed by atoms with Crippen molar-refractivity contribution in [3.05, 3.63) is 23.9 Å². The molecule has 0 amide bonds. The molecule has 3 N–H and O–H groups in total. The van der Waals surface area contributed by atoms with Gasteiger partial charge in [-0.3, -0.25) is 5.41 Å². The van der Waals surface area contributed by atoms with Crippen molar-refractivity contribution in [2.75, 3.05) is 18.5 Å². The lowest BCUT2D eigenvalue weighted by Gasteiger charge is -2.21. The zero-order valence-electron chi connectivity index (χ0n) is 10.2. The summed E-state index contributed by atoms with van der Waals surface area (Å²) in [5.41, 5.74) is 6.04. The molecule has 1 aromatic rings. The van der Waals surface area contributed by atoms with Crippen LogP contribution in [-0.4, -0.2) is 24.4 Å². The predicted molar refractivity (Wildman–Crippen MR) is 68.0 cm³/mol. The van der Waals surface area contributed by atoms with Crippen molar-refractivity contribution >= 4 is 11.7 Å². The smallest absolute Gasteiger partial charge is 0.128 e. The van der Waals surface area contributed by atoms with E-state index in [1.807, 2.05) is 19.2 Å². The van der Waals surface area contributed by atoms with Crippen LogP contribution in [0.4, 0.5) is 5.82 Å². The maximum absolute atomic E-state index is 7.28. The molecule has 1 unspecified atom stereocenters. The molecule has 1 aromatic heterocycles. The number of anilines is 1. The first kappa shape index (κ1) is 12.5. The van der Waals surface area contributed by atoms with Crippen LogP contribution in [0.25, 0.3) is 0 Å². The number of amidine groups is 1. The topological polar surface area (TPSA) is 66.0 Å². The van der Waals surface area contributed by atoms with E-state index in [0.29, 0.717) is 11.5 Å². The van der Waals surface area contributed by atoms with Gasteiger partial charge in [0, 0.05) is 25.4 Å². The van der Waals surface area contributed by atoms with Crippen LogP contribution in [-0.2, 0) is 0 Å². The maximum Gasteiger partial charge on any atom is 0.128 e. The summed E-state index contributed by atoms with van der Waals surface area (Å²) in [5, 5.41) is 7.28. The van der Waals surface area contributed by atoms with Gasteiger partial charge >= 0.3 is 0 Å². The molecular formula is C12H20N4. The fraction of sp³-hybridized carbons (Fsp3) is 0.500. The normalized spacial score (nSPS) is 12.2. The summed E-state index contributed by atoms with van der Waals surface area (Å²) >= 11 is 0. The number of nitrogens with zero attached hydrogens (tertiary/aromatic N) is 2. The average Bonchev–Trinajstić information content (AvgIpc) is 2.28. The average molecular weight is 220 g/mol. The lowest BCUT2D eigenvalue weighted by atomic mass is 10.1. The lowest BCUT2D eigenvalue weighted by Crippen LogP contribution is -2.24. The van der Waals surface area contributed by atoms with Gasteiger partial charge in [-0.25, -0.2) is 4.98 Å². The standard InChI is InChI=1S/C12H20N4/c1-4-9(2)8-16(3)11-6-5-10(7-15-11)12(13)14/h5-7,9H,4,8H2,1-3H3,(H3,13,14). The molecule has 4 heteroatoms. The van der Waals surface area contributed by atoms with Crippen molar-refractivity contribution in [3.63, 3.8) is 0 Å². The number of nitrogens with one attached hydrogen (secondary N) is 1. The van der Waals surface area contributed by atoms with Crippen molar-refractivity contribution in [2.24, 2.45) is 11.7 Å². The van der Waals surface area contributed by atoms with Crippen molar-refractivity contribution in [1.82, 2.24) is 4.98 Å². The number of nitrogens with two attached hydrogens (primary N) is 1. The fourth-order valence-electron chi connectivity index (χ4n) is 1.46. The minimum Gasteiger partial charge on any atom is -0.384 e. The fourth-order valence-corrected chi connectivity index (χ4v) is 1.46. The van der Waals surface area contributed by atoms with E-state index in [4.69, 9.17) is 11.1 Å². The molecule has 1 heterocycles. The van der Waals surface area contributed by atoms with Gasteiger partial charge in [0.15, 0.2) is 0 Å². The largest absolute Gasteiger partial charge is 0.384 e. The number of hydrogen-bond donors (Lipinski definition) is 2. The van der Waals surface area contributed by atoms with Crippen LogP contribution in [0, 0.1) is 11.3 Å². The molecule has 0 aliphatic rings. The zero-order valence-corrected chi connectivity index (χ0v) is 10.2. The molecule has 0 aromatic carbocycles. The van der Waals surface area contributed by atoms with E-state index in [-0.39, 0.29) is 5.84 Å². The third-order valence-electron chi connectivity index (χ3n) is 2.73. The van der Waals surface area contributed by atoms with Crippen LogP contribution >= 0.6 is 0 Å². The van der Waals surface area contributed by atoms with Gasteiger partial charge in [0.1, 0.15) is 11.7 Å². The minimum absolute atomic E-state index is 0.0589. The molecule has 0 spiro atoms. The Morgan fingerprint density at radius 2 is 2.25 bits per heavy atom. The van der Waals surface area contributed by atoms with Gasteiger partial charge in [-0.2, -0.15) is 0 Å². The number of nitrogen functional groups attached to an aromatic ring is 1. The predicted octanol–water partition coefficient (Wildman–Crippen LogP) is 1.85. The molecule has 16 heavy (non-hydrogen) atoms. The second-order valence-electron chi connectivity index (χ2n) is 4.21. The highest BCUT2D eigenvalue weighted by molar-refractivity contribution is 5.94. The van der Waals surface area contributed by atoms with Crippen molar-refractivity contribution in [3.8, 4) is 0 Å². The van der Waals surface area contributed by atoms with E-state index >= 15 is 0 Å². The summed E-state index contributed by atoms with van der Waals surface area (Å²) in [6, 6.07) is 3.73. The number of pyridine rings is 1. The minimum atomic E-state index is 0.0589. The Morgan fingerprint density at radius 1 is 1.56 bits per heavy atom. The van der Waals surface area contributed by atoms with Gasteiger partial charge in [0.2, 0.25) is 0 Å². The molecule has 4 nitrogen and oxygen atoms in total.